The van der Waals surface area contributed by atoms with Crippen LogP contribution in [0.4, 0.5) is 43.9 Å². The van der Waals surface area contributed by atoms with Gasteiger partial charge in [-0.1, -0.05) is 6.58 Å². The van der Waals surface area contributed by atoms with E-state index in [0.29, 0.717) is 0 Å². The first-order chi connectivity index (χ1) is 14.3. The minimum Gasteiger partial charge on any atom is -0.743 e. The highest BCUT2D eigenvalue weighted by Crippen LogP contribution is 2.43. The summed E-state index contributed by atoms with van der Waals surface area (Å²) in [5, 5.41) is -6.37. The van der Waals surface area contributed by atoms with Crippen molar-refractivity contribution in [2.24, 2.45) is 0 Å². The van der Waals surface area contributed by atoms with Crippen molar-refractivity contribution >= 4 is 22.1 Å². The Labute approximate surface area is 178 Å². The molecule has 8 nitrogen and oxygen atoms in total. The number of hydrogen-bond donors (Lipinski definition) is 0. The Morgan fingerprint density at radius 2 is 1.42 bits per heavy atom. The normalized spacial score (nSPS) is 15.7. The lowest BCUT2D eigenvalue weighted by Gasteiger charge is -2.34. The van der Waals surface area contributed by atoms with Crippen LogP contribution in [0.2, 0.25) is 0 Å². The number of alkyl halides is 10. The maximum Gasteiger partial charge on any atom is 0.468 e. The lowest BCUT2D eigenvalue weighted by molar-refractivity contribution is -0.358. The van der Waals surface area contributed by atoms with Crippen LogP contribution in [-0.2, 0) is 33.9 Å². The zero-order valence-electron chi connectivity index (χ0n) is 16.2. The number of rotatable bonds is 10. The molecule has 33 heavy (non-hydrogen) atoms. The maximum absolute atomic E-state index is 13.5. The van der Waals surface area contributed by atoms with Crippen molar-refractivity contribution in [2.45, 2.75) is 55.7 Å². The van der Waals surface area contributed by atoms with Gasteiger partial charge >= 0.3 is 41.3 Å². The third kappa shape index (κ3) is 6.92. The summed E-state index contributed by atoms with van der Waals surface area (Å²) in [7, 11) is -7.06. The first-order valence-electron chi connectivity index (χ1n) is 7.95. The molecule has 0 saturated carbocycles. The number of halogens is 10. The average Bonchev–Trinajstić information content (AvgIpc) is 2.56. The molecule has 0 aliphatic carbocycles. The number of carbonyl (C=O) groups excluding carboxylic acids is 2. The largest absolute Gasteiger partial charge is 0.743 e. The third-order valence-electron chi connectivity index (χ3n) is 3.27. The van der Waals surface area contributed by atoms with E-state index in [-0.39, 0.29) is 0 Å². The van der Waals surface area contributed by atoms with E-state index >= 15 is 0 Å². The summed E-state index contributed by atoms with van der Waals surface area (Å²) < 4.78 is 173. The zero-order chi connectivity index (χ0) is 26.8. The molecule has 1 unspecified atom stereocenters. The molecule has 1 atom stereocenters. The lowest BCUT2D eigenvalue weighted by atomic mass is 10.2. The quantitative estimate of drug-likeness (QED) is 0.139. The van der Waals surface area contributed by atoms with Crippen LogP contribution in [0.3, 0.4) is 0 Å². The molecule has 19 heteroatoms. The van der Waals surface area contributed by atoms with Crippen molar-refractivity contribution in [3.63, 3.8) is 0 Å². The van der Waals surface area contributed by atoms with Crippen molar-refractivity contribution in [3.8, 4) is 0 Å². The van der Waals surface area contributed by atoms with E-state index in [2.05, 4.69) is 20.8 Å². The molecule has 0 bridgehead atoms. The Balaban J connectivity index is 6.25. The molecular formula is C14H13F10O8S-. The van der Waals surface area contributed by atoms with Crippen molar-refractivity contribution in [3.05, 3.63) is 12.2 Å². The summed E-state index contributed by atoms with van der Waals surface area (Å²) in [6.07, 6.45) is -16.3. The standard InChI is InChI=1S/C14H14F10O8S/c1-6(2)31-9(26)11(13(20,21)22,32-8(25)7(3)12(17,18)19)30-5-4-10(15,16)14(23,24)33(27,28)29/h6H,3-5H2,1-2H3,(H,27,28,29)/p-1. The maximum atomic E-state index is 13.5. The number of esters is 2. The third-order valence-corrected chi connectivity index (χ3v) is 4.20. The van der Waals surface area contributed by atoms with E-state index in [1.165, 1.54) is 0 Å². The van der Waals surface area contributed by atoms with E-state index in [0.717, 1.165) is 13.8 Å². The molecule has 194 valence electrons. The fourth-order valence-electron chi connectivity index (χ4n) is 1.64. The number of ether oxygens (including phenoxy) is 3. The van der Waals surface area contributed by atoms with Crippen molar-refractivity contribution < 1.29 is 80.7 Å². The molecule has 0 heterocycles. The molecule has 0 aliphatic heterocycles. The fraction of sp³-hybridized carbons (Fsp3) is 0.714. The molecule has 0 rings (SSSR count). The van der Waals surface area contributed by atoms with Crippen molar-refractivity contribution in [2.75, 3.05) is 6.61 Å². The second-order valence-corrected chi connectivity index (χ2v) is 7.63. The minimum absolute atomic E-state index is 0.892. The summed E-state index contributed by atoms with van der Waals surface area (Å²) in [6.45, 7) is 1.47. The van der Waals surface area contributed by atoms with Gasteiger partial charge in [-0.05, 0) is 13.8 Å². The molecule has 0 aromatic heterocycles. The predicted octanol–water partition coefficient (Wildman–Crippen LogP) is 3.04. The van der Waals surface area contributed by atoms with Gasteiger partial charge < -0.3 is 18.8 Å². The molecule has 0 N–H and O–H groups in total. The van der Waals surface area contributed by atoms with E-state index in [1.54, 1.807) is 0 Å². The van der Waals surface area contributed by atoms with Gasteiger partial charge in [0.1, 0.15) is 5.57 Å². The van der Waals surface area contributed by atoms with Gasteiger partial charge in [0.15, 0.2) is 10.1 Å². The molecule has 0 saturated heterocycles. The van der Waals surface area contributed by atoms with Gasteiger partial charge in [-0.25, -0.2) is 18.0 Å². The summed E-state index contributed by atoms with van der Waals surface area (Å²) in [6, 6.07) is 0. The molecule has 0 aromatic carbocycles. The van der Waals surface area contributed by atoms with Crippen LogP contribution in [0.15, 0.2) is 12.2 Å². The Hall–Kier alpha value is -2.15. The molecule has 0 radical (unpaired) electrons. The van der Waals surface area contributed by atoms with E-state index in [1.807, 2.05) is 0 Å². The molecule has 0 amide bonds. The van der Waals surface area contributed by atoms with Gasteiger partial charge in [0.25, 0.3) is 0 Å². The highest BCUT2D eigenvalue weighted by Gasteiger charge is 2.69. The Morgan fingerprint density at radius 1 is 0.970 bits per heavy atom. The summed E-state index contributed by atoms with van der Waals surface area (Å²) >= 11 is 0. The van der Waals surface area contributed by atoms with Crippen LogP contribution in [0.25, 0.3) is 0 Å². The molecular weight excluding hydrogens is 518 g/mol. The number of hydrogen-bond acceptors (Lipinski definition) is 8. The topological polar surface area (TPSA) is 119 Å². The van der Waals surface area contributed by atoms with Gasteiger partial charge in [-0.2, -0.15) is 43.9 Å². The highest BCUT2D eigenvalue weighted by atomic mass is 32.2. The van der Waals surface area contributed by atoms with Crippen molar-refractivity contribution in [1.82, 2.24) is 0 Å². The van der Waals surface area contributed by atoms with Gasteiger partial charge in [-0.15, -0.1) is 0 Å². The molecule has 0 fully saturated rings. The fourth-order valence-corrected chi connectivity index (χ4v) is 2.10. The van der Waals surface area contributed by atoms with Crippen molar-refractivity contribution in [1.29, 1.82) is 0 Å². The van der Waals surface area contributed by atoms with Crippen LogP contribution >= 0.6 is 0 Å². The van der Waals surface area contributed by atoms with E-state index < -0.39 is 76.1 Å². The molecule has 0 spiro atoms. The summed E-state index contributed by atoms with van der Waals surface area (Å²) in [4.78, 5) is 23.4. The highest BCUT2D eigenvalue weighted by molar-refractivity contribution is 7.86. The lowest BCUT2D eigenvalue weighted by Crippen LogP contribution is -2.59. The Morgan fingerprint density at radius 3 is 1.76 bits per heavy atom. The monoisotopic (exact) mass is 531 g/mol. The van der Waals surface area contributed by atoms with Gasteiger partial charge in [0, 0.05) is 6.42 Å². The van der Waals surface area contributed by atoms with Gasteiger partial charge in [0.2, 0.25) is 0 Å². The molecule has 0 aliphatic rings. The van der Waals surface area contributed by atoms with E-state index in [9.17, 15) is 66.5 Å². The van der Waals surface area contributed by atoms with Crippen LogP contribution < -0.4 is 0 Å². The zero-order valence-corrected chi connectivity index (χ0v) is 17.0. The smallest absolute Gasteiger partial charge is 0.468 e. The first kappa shape index (κ1) is 30.9. The van der Waals surface area contributed by atoms with Gasteiger partial charge in [-0.3, -0.25) is 0 Å². The number of carbonyl (C=O) groups is 2. The van der Waals surface area contributed by atoms with Crippen LogP contribution in [0, 0.1) is 0 Å². The Bertz CT molecular complexity index is 862. The second-order valence-electron chi connectivity index (χ2n) is 6.21. The van der Waals surface area contributed by atoms with Crippen LogP contribution in [0.5, 0.6) is 0 Å². The van der Waals surface area contributed by atoms with Gasteiger partial charge in [0.05, 0.1) is 12.7 Å². The first-order valence-corrected chi connectivity index (χ1v) is 9.36. The second kappa shape index (κ2) is 9.61. The summed E-state index contributed by atoms with van der Waals surface area (Å²) in [5.41, 5.74) is -2.62. The van der Waals surface area contributed by atoms with E-state index in [4.69, 9.17) is 0 Å². The predicted molar refractivity (Wildman–Crippen MR) is 81.5 cm³/mol. The average molecular weight is 531 g/mol. The summed E-state index contributed by atoms with van der Waals surface area (Å²) in [5.74, 6) is -16.9. The SMILES string of the molecule is C=C(C(=O)OC(OCCC(F)(F)C(F)(F)S(=O)(=O)[O-])(C(=O)OC(C)C)C(F)(F)F)C(F)(F)F. The Kier molecular flexibility index (Phi) is 8.98. The molecule has 0 aromatic rings. The van der Waals surface area contributed by atoms with Crippen LogP contribution in [0.1, 0.15) is 20.3 Å². The van der Waals surface area contributed by atoms with Crippen LogP contribution in [-0.4, -0.2) is 66.9 Å². The minimum atomic E-state index is -7.06.